The van der Waals surface area contributed by atoms with E-state index in [0.29, 0.717) is 5.56 Å². The van der Waals surface area contributed by atoms with Crippen LogP contribution in [0.4, 0.5) is 5.69 Å². The van der Waals surface area contributed by atoms with Gasteiger partial charge in [0, 0.05) is 6.07 Å². The molecule has 0 bridgehead atoms. The second-order valence-electron chi connectivity index (χ2n) is 8.54. The summed E-state index contributed by atoms with van der Waals surface area (Å²) in [7, 11) is 0. The third-order valence-electron chi connectivity index (χ3n) is 6.34. The first-order valence-electron chi connectivity index (χ1n) is 11.8. The fraction of sp³-hybridized carbons (Fsp3) is 0.0625. The van der Waals surface area contributed by atoms with E-state index >= 15 is 0 Å². The molecule has 0 heterocycles. The van der Waals surface area contributed by atoms with Gasteiger partial charge < -0.3 is 4.74 Å². The largest absolute Gasteiger partial charge is 0.356 e. The van der Waals surface area contributed by atoms with Crippen molar-refractivity contribution in [2.24, 2.45) is 0 Å². The van der Waals surface area contributed by atoms with Gasteiger partial charge in [0.05, 0.1) is 17.1 Å². The standard InChI is InChI=1S/C32H25NO3/c34-33(35)31-23-25(21-22-30(31)26-13-5-1-6-14-26)24-36-32(27-15-7-2-8-16-27,28-17-9-3-10-18-28)29-19-11-4-12-20-29/h1-23H,24H2. The molecule has 0 N–H and O–H groups in total. The monoisotopic (exact) mass is 471 g/mol. The lowest BCUT2D eigenvalue weighted by Crippen LogP contribution is -2.32. The van der Waals surface area contributed by atoms with Crippen LogP contribution in [-0.4, -0.2) is 4.92 Å². The molecule has 0 saturated carbocycles. The third kappa shape index (κ3) is 4.54. The fourth-order valence-corrected chi connectivity index (χ4v) is 4.64. The van der Waals surface area contributed by atoms with Gasteiger partial charge in [0.25, 0.3) is 5.69 Å². The highest BCUT2D eigenvalue weighted by atomic mass is 16.6. The Kier molecular flexibility index (Phi) is 6.69. The van der Waals surface area contributed by atoms with Gasteiger partial charge in [-0.05, 0) is 33.9 Å². The van der Waals surface area contributed by atoms with E-state index in [1.54, 1.807) is 12.1 Å². The maximum Gasteiger partial charge on any atom is 0.277 e. The van der Waals surface area contributed by atoms with Crippen molar-refractivity contribution in [3.05, 3.63) is 172 Å². The first-order chi connectivity index (χ1) is 17.7. The molecule has 0 amide bonds. The molecule has 0 aliphatic heterocycles. The van der Waals surface area contributed by atoms with Crippen LogP contribution in [0.5, 0.6) is 0 Å². The Morgan fingerprint density at radius 2 is 1.06 bits per heavy atom. The quantitative estimate of drug-likeness (QED) is 0.132. The maximum atomic E-state index is 12.0. The smallest absolute Gasteiger partial charge is 0.277 e. The van der Waals surface area contributed by atoms with Crippen LogP contribution in [0.2, 0.25) is 0 Å². The summed E-state index contributed by atoms with van der Waals surface area (Å²) in [6, 6.07) is 45.0. The summed E-state index contributed by atoms with van der Waals surface area (Å²) >= 11 is 0. The molecular formula is C32H25NO3. The molecular weight excluding hydrogens is 446 g/mol. The zero-order chi connectivity index (χ0) is 24.8. The molecule has 5 aromatic rings. The van der Waals surface area contributed by atoms with Crippen LogP contribution in [0.15, 0.2) is 140 Å². The summed E-state index contributed by atoms with van der Waals surface area (Å²) < 4.78 is 6.83. The molecule has 4 heteroatoms. The highest BCUT2D eigenvalue weighted by Crippen LogP contribution is 2.41. The molecule has 0 fully saturated rings. The fourth-order valence-electron chi connectivity index (χ4n) is 4.64. The van der Waals surface area contributed by atoms with Crippen molar-refractivity contribution in [2.45, 2.75) is 12.2 Å². The summed E-state index contributed by atoms with van der Waals surface area (Å²) in [6.45, 7) is 0.189. The van der Waals surface area contributed by atoms with E-state index in [1.165, 1.54) is 0 Å². The minimum Gasteiger partial charge on any atom is -0.356 e. The SMILES string of the molecule is O=[N+]([O-])c1cc(COC(c2ccccc2)(c2ccccc2)c2ccccc2)ccc1-c1ccccc1. The van der Waals surface area contributed by atoms with Gasteiger partial charge in [0.2, 0.25) is 0 Å². The van der Waals surface area contributed by atoms with E-state index in [9.17, 15) is 10.1 Å². The van der Waals surface area contributed by atoms with Crippen molar-refractivity contribution in [1.29, 1.82) is 0 Å². The highest BCUT2D eigenvalue weighted by Gasteiger charge is 2.37. The van der Waals surface area contributed by atoms with Crippen molar-refractivity contribution in [3.63, 3.8) is 0 Å². The molecule has 0 aliphatic carbocycles. The maximum absolute atomic E-state index is 12.0. The second kappa shape index (κ2) is 10.4. The van der Waals surface area contributed by atoms with Gasteiger partial charge in [-0.3, -0.25) is 10.1 Å². The minimum absolute atomic E-state index is 0.0621. The molecule has 5 rings (SSSR count). The van der Waals surface area contributed by atoms with E-state index in [0.717, 1.165) is 27.8 Å². The highest BCUT2D eigenvalue weighted by molar-refractivity contribution is 5.73. The van der Waals surface area contributed by atoms with Gasteiger partial charge in [-0.25, -0.2) is 0 Å². The molecule has 5 aromatic carbocycles. The number of hydrogen-bond acceptors (Lipinski definition) is 3. The van der Waals surface area contributed by atoms with Gasteiger partial charge in [0.15, 0.2) is 0 Å². The van der Waals surface area contributed by atoms with Crippen LogP contribution in [0.3, 0.4) is 0 Å². The Hall–Kier alpha value is -4.54. The van der Waals surface area contributed by atoms with Crippen LogP contribution in [0, 0.1) is 10.1 Å². The Morgan fingerprint density at radius 3 is 1.50 bits per heavy atom. The first-order valence-corrected chi connectivity index (χ1v) is 11.8. The summed E-state index contributed by atoms with van der Waals surface area (Å²) in [5.74, 6) is 0. The molecule has 0 aliphatic rings. The van der Waals surface area contributed by atoms with E-state index in [4.69, 9.17) is 4.74 Å². The van der Waals surface area contributed by atoms with E-state index in [-0.39, 0.29) is 17.2 Å². The number of nitrogens with zero attached hydrogens (tertiary/aromatic N) is 1. The van der Waals surface area contributed by atoms with Crippen molar-refractivity contribution in [1.82, 2.24) is 0 Å². The molecule has 176 valence electrons. The Morgan fingerprint density at radius 1 is 0.611 bits per heavy atom. The lowest BCUT2D eigenvalue weighted by Gasteiger charge is -2.36. The summed E-state index contributed by atoms with van der Waals surface area (Å²) in [4.78, 5) is 11.6. The van der Waals surface area contributed by atoms with Crippen LogP contribution >= 0.6 is 0 Å². The number of hydrogen-bond donors (Lipinski definition) is 0. The molecule has 36 heavy (non-hydrogen) atoms. The van der Waals surface area contributed by atoms with E-state index in [2.05, 4.69) is 36.4 Å². The molecule has 4 nitrogen and oxygen atoms in total. The Labute approximate surface area is 210 Å². The lowest BCUT2D eigenvalue weighted by molar-refractivity contribution is -0.384. The van der Waals surface area contributed by atoms with Gasteiger partial charge in [-0.15, -0.1) is 0 Å². The summed E-state index contributed by atoms with van der Waals surface area (Å²) in [5, 5.41) is 12.0. The predicted molar refractivity (Wildman–Crippen MR) is 143 cm³/mol. The Balaban J connectivity index is 1.60. The van der Waals surface area contributed by atoms with Gasteiger partial charge in [-0.1, -0.05) is 127 Å². The van der Waals surface area contributed by atoms with Crippen molar-refractivity contribution >= 4 is 5.69 Å². The van der Waals surface area contributed by atoms with Crippen molar-refractivity contribution < 1.29 is 9.66 Å². The van der Waals surface area contributed by atoms with Crippen molar-refractivity contribution in [3.8, 4) is 11.1 Å². The average Bonchev–Trinajstić information content (AvgIpc) is 2.95. The second-order valence-corrected chi connectivity index (χ2v) is 8.54. The molecule has 0 radical (unpaired) electrons. The topological polar surface area (TPSA) is 52.4 Å². The van der Waals surface area contributed by atoms with Gasteiger partial charge in [0.1, 0.15) is 5.60 Å². The molecule has 0 saturated heterocycles. The first kappa shape index (κ1) is 23.2. The van der Waals surface area contributed by atoms with Crippen LogP contribution in [0.1, 0.15) is 22.3 Å². The van der Waals surface area contributed by atoms with Crippen LogP contribution < -0.4 is 0 Å². The number of ether oxygens (including phenoxy) is 1. The molecule has 0 atom stereocenters. The predicted octanol–water partition coefficient (Wildman–Crippen LogP) is 7.77. The molecule has 0 aromatic heterocycles. The zero-order valence-corrected chi connectivity index (χ0v) is 19.7. The molecule has 0 unspecified atom stereocenters. The zero-order valence-electron chi connectivity index (χ0n) is 19.7. The summed E-state index contributed by atoms with van der Waals surface area (Å²) in [6.07, 6.45) is 0. The van der Waals surface area contributed by atoms with Crippen molar-refractivity contribution in [2.75, 3.05) is 0 Å². The Bertz CT molecular complexity index is 1340. The number of rotatable bonds is 8. The van der Waals surface area contributed by atoms with Crippen LogP contribution in [0.25, 0.3) is 11.1 Å². The number of nitro benzene ring substituents is 1. The van der Waals surface area contributed by atoms with Gasteiger partial charge >= 0.3 is 0 Å². The van der Waals surface area contributed by atoms with E-state index < -0.39 is 5.60 Å². The number of benzene rings is 5. The lowest BCUT2D eigenvalue weighted by atomic mass is 9.80. The van der Waals surface area contributed by atoms with Crippen LogP contribution in [-0.2, 0) is 16.9 Å². The van der Waals surface area contributed by atoms with E-state index in [1.807, 2.05) is 91.0 Å². The third-order valence-corrected chi connectivity index (χ3v) is 6.34. The minimum atomic E-state index is -0.892. The average molecular weight is 472 g/mol. The summed E-state index contributed by atoms with van der Waals surface area (Å²) in [5.41, 5.74) is 4.25. The normalized spacial score (nSPS) is 11.2. The number of nitro groups is 1. The van der Waals surface area contributed by atoms with Gasteiger partial charge in [-0.2, -0.15) is 0 Å². The molecule has 0 spiro atoms.